The van der Waals surface area contributed by atoms with E-state index in [-0.39, 0.29) is 30.3 Å². The molecule has 1 aromatic heterocycles. The number of rotatable bonds is 7. The van der Waals surface area contributed by atoms with Crippen LogP contribution in [0, 0.1) is 0 Å². The van der Waals surface area contributed by atoms with Crippen LogP contribution in [-0.4, -0.2) is 45.5 Å². The van der Waals surface area contributed by atoms with E-state index in [1.54, 1.807) is 6.92 Å². The molecule has 0 unspecified atom stereocenters. The third-order valence-corrected chi connectivity index (χ3v) is 5.75. The molecule has 0 spiro atoms. The van der Waals surface area contributed by atoms with E-state index in [0.29, 0.717) is 0 Å². The molecule has 3 aromatic rings. The van der Waals surface area contributed by atoms with Crippen LogP contribution >= 0.6 is 0 Å². The van der Waals surface area contributed by atoms with Crippen LogP contribution in [0.25, 0.3) is 11.1 Å². The van der Waals surface area contributed by atoms with Gasteiger partial charge in [-0.1, -0.05) is 55.5 Å². The van der Waals surface area contributed by atoms with Gasteiger partial charge in [-0.3, -0.25) is 14.8 Å². The van der Waals surface area contributed by atoms with Crippen molar-refractivity contribution in [3.63, 3.8) is 0 Å². The van der Waals surface area contributed by atoms with Gasteiger partial charge in [-0.2, -0.15) is 5.10 Å². The van der Waals surface area contributed by atoms with Crippen LogP contribution < -0.4 is 10.6 Å². The maximum absolute atomic E-state index is 12.6. The largest absolute Gasteiger partial charge is 0.480 e. The van der Waals surface area contributed by atoms with Gasteiger partial charge in [0.25, 0.3) is 5.91 Å². The van der Waals surface area contributed by atoms with Crippen LogP contribution in [0.2, 0.25) is 0 Å². The molecule has 33 heavy (non-hydrogen) atoms. The molecule has 2 amide bonds. The molecule has 0 radical (unpaired) electrons. The molecule has 0 fully saturated rings. The highest BCUT2D eigenvalue weighted by atomic mass is 16.5. The van der Waals surface area contributed by atoms with Crippen LogP contribution in [0.5, 0.6) is 0 Å². The van der Waals surface area contributed by atoms with Crippen molar-refractivity contribution < 1.29 is 24.2 Å². The van der Waals surface area contributed by atoms with E-state index in [4.69, 9.17) is 4.74 Å². The summed E-state index contributed by atoms with van der Waals surface area (Å²) in [5.74, 6) is -1.89. The van der Waals surface area contributed by atoms with Gasteiger partial charge in [0.15, 0.2) is 0 Å². The Kier molecular flexibility index (Phi) is 6.12. The zero-order valence-corrected chi connectivity index (χ0v) is 18.2. The van der Waals surface area contributed by atoms with E-state index < -0.39 is 24.0 Å². The van der Waals surface area contributed by atoms with Crippen molar-refractivity contribution in [2.75, 3.05) is 11.9 Å². The summed E-state index contributed by atoms with van der Waals surface area (Å²) >= 11 is 0. The number of nitrogens with one attached hydrogen (secondary N) is 2. The Labute approximate surface area is 190 Å². The number of anilines is 1. The summed E-state index contributed by atoms with van der Waals surface area (Å²) in [5, 5.41) is 18.2. The lowest BCUT2D eigenvalue weighted by atomic mass is 9.98. The molecule has 0 bridgehead atoms. The zero-order chi connectivity index (χ0) is 23.5. The Hall–Kier alpha value is -4.14. The van der Waals surface area contributed by atoms with Crippen LogP contribution in [0.3, 0.4) is 0 Å². The number of aliphatic carboxylic acids is 1. The standard InChI is InChI=1S/C24H24N4O5/c1-3-19(23(30)31)26-22(29)21-20(12-25-28(21)2)27-24(32)33-13-18-16-10-6-4-8-14(16)15-9-5-7-11-17(15)18/h4-12,18-19H,3,13H2,1-2H3,(H,26,29)(H,27,32)(H,30,31)/t19-/m0/s1. The smallest absolute Gasteiger partial charge is 0.411 e. The Bertz CT molecular complexity index is 1170. The van der Waals surface area contributed by atoms with Crippen molar-refractivity contribution in [3.05, 3.63) is 71.5 Å². The van der Waals surface area contributed by atoms with Gasteiger partial charge in [-0.15, -0.1) is 0 Å². The minimum atomic E-state index is -1.14. The average molecular weight is 448 g/mol. The van der Waals surface area contributed by atoms with Crippen molar-refractivity contribution in [1.29, 1.82) is 0 Å². The first kappa shape index (κ1) is 22.1. The van der Waals surface area contributed by atoms with Gasteiger partial charge >= 0.3 is 12.1 Å². The Morgan fingerprint density at radius 3 is 2.27 bits per heavy atom. The summed E-state index contributed by atoms with van der Waals surface area (Å²) in [4.78, 5) is 36.4. The zero-order valence-electron chi connectivity index (χ0n) is 18.2. The second-order valence-electron chi connectivity index (χ2n) is 7.75. The van der Waals surface area contributed by atoms with Gasteiger partial charge in [0.2, 0.25) is 0 Å². The fraction of sp³-hybridized carbons (Fsp3) is 0.250. The number of carbonyl (C=O) groups excluding carboxylic acids is 2. The molecule has 9 heteroatoms. The minimum Gasteiger partial charge on any atom is -0.480 e. The molecule has 170 valence electrons. The third kappa shape index (κ3) is 4.30. The highest BCUT2D eigenvalue weighted by Crippen LogP contribution is 2.44. The second kappa shape index (κ2) is 9.15. The molecular weight excluding hydrogens is 424 g/mol. The molecule has 1 heterocycles. The molecule has 1 aliphatic rings. The molecule has 1 atom stereocenters. The summed E-state index contributed by atoms with van der Waals surface area (Å²) in [6.45, 7) is 1.77. The van der Waals surface area contributed by atoms with Crippen molar-refractivity contribution in [3.8, 4) is 11.1 Å². The van der Waals surface area contributed by atoms with Crippen molar-refractivity contribution in [2.45, 2.75) is 25.3 Å². The number of ether oxygens (including phenoxy) is 1. The molecule has 3 N–H and O–H groups in total. The first-order valence-electron chi connectivity index (χ1n) is 10.6. The Morgan fingerprint density at radius 2 is 1.70 bits per heavy atom. The Morgan fingerprint density at radius 1 is 1.09 bits per heavy atom. The molecule has 0 saturated heterocycles. The first-order valence-corrected chi connectivity index (χ1v) is 10.6. The van der Waals surface area contributed by atoms with Gasteiger partial charge in [-0.25, -0.2) is 9.59 Å². The van der Waals surface area contributed by atoms with E-state index in [0.717, 1.165) is 22.3 Å². The van der Waals surface area contributed by atoms with E-state index in [9.17, 15) is 19.5 Å². The number of benzene rings is 2. The molecule has 2 aromatic carbocycles. The lowest BCUT2D eigenvalue weighted by Gasteiger charge is -2.15. The van der Waals surface area contributed by atoms with Gasteiger partial charge in [0.1, 0.15) is 18.3 Å². The highest BCUT2D eigenvalue weighted by Gasteiger charge is 2.29. The summed E-state index contributed by atoms with van der Waals surface area (Å²) < 4.78 is 6.78. The van der Waals surface area contributed by atoms with Crippen LogP contribution in [0.1, 0.15) is 40.9 Å². The maximum atomic E-state index is 12.6. The third-order valence-electron chi connectivity index (χ3n) is 5.75. The number of aromatic nitrogens is 2. The number of nitrogens with zero attached hydrogens (tertiary/aromatic N) is 2. The fourth-order valence-corrected chi connectivity index (χ4v) is 4.11. The van der Waals surface area contributed by atoms with Crippen LogP contribution in [-0.2, 0) is 16.6 Å². The molecule has 0 aliphatic heterocycles. The number of carboxylic acids is 1. The Balaban J connectivity index is 1.46. The van der Waals surface area contributed by atoms with Gasteiger partial charge < -0.3 is 15.2 Å². The predicted octanol–water partition coefficient (Wildman–Crippen LogP) is 3.37. The second-order valence-corrected chi connectivity index (χ2v) is 7.75. The number of hydrogen-bond acceptors (Lipinski definition) is 5. The van der Waals surface area contributed by atoms with E-state index in [1.165, 1.54) is 17.9 Å². The van der Waals surface area contributed by atoms with Crippen molar-refractivity contribution in [2.24, 2.45) is 7.05 Å². The number of fused-ring (bicyclic) bond motifs is 3. The van der Waals surface area contributed by atoms with E-state index in [2.05, 4.69) is 27.9 Å². The fourth-order valence-electron chi connectivity index (χ4n) is 4.11. The number of carbonyl (C=O) groups is 3. The quantitative estimate of drug-likeness (QED) is 0.509. The number of carboxylic acid groups (broad SMARTS) is 1. The van der Waals surface area contributed by atoms with Crippen molar-refractivity contribution in [1.82, 2.24) is 15.1 Å². The molecule has 4 rings (SSSR count). The van der Waals surface area contributed by atoms with Crippen LogP contribution in [0.15, 0.2) is 54.7 Å². The van der Waals surface area contributed by atoms with Crippen LogP contribution in [0.4, 0.5) is 10.5 Å². The van der Waals surface area contributed by atoms with E-state index >= 15 is 0 Å². The topological polar surface area (TPSA) is 123 Å². The van der Waals surface area contributed by atoms with Gasteiger partial charge in [0.05, 0.1) is 11.9 Å². The molecule has 0 saturated carbocycles. The highest BCUT2D eigenvalue weighted by molar-refractivity contribution is 6.02. The number of hydrogen-bond donors (Lipinski definition) is 3. The molecule has 9 nitrogen and oxygen atoms in total. The summed E-state index contributed by atoms with van der Waals surface area (Å²) in [6.07, 6.45) is 0.802. The van der Waals surface area contributed by atoms with E-state index in [1.807, 2.05) is 36.4 Å². The molecular formula is C24H24N4O5. The predicted molar refractivity (Wildman–Crippen MR) is 121 cm³/mol. The normalized spacial score (nSPS) is 13.0. The van der Waals surface area contributed by atoms with Gasteiger partial charge in [-0.05, 0) is 28.7 Å². The minimum absolute atomic E-state index is 0.0307. The lowest BCUT2D eigenvalue weighted by molar-refractivity contribution is -0.139. The first-order chi connectivity index (χ1) is 15.9. The lowest BCUT2D eigenvalue weighted by Crippen LogP contribution is -2.41. The maximum Gasteiger partial charge on any atom is 0.411 e. The van der Waals surface area contributed by atoms with Gasteiger partial charge in [0, 0.05) is 13.0 Å². The average Bonchev–Trinajstić information content (AvgIpc) is 3.33. The summed E-state index contributed by atoms with van der Waals surface area (Å²) in [6, 6.07) is 15.0. The number of aryl methyl sites for hydroxylation is 1. The monoisotopic (exact) mass is 448 g/mol. The SMILES string of the molecule is CC[C@H](NC(=O)c1c(NC(=O)OCC2c3ccccc3-c3ccccc32)cnn1C)C(=O)O. The summed E-state index contributed by atoms with van der Waals surface area (Å²) in [5.41, 5.74) is 4.59. The number of amides is 2. The molecule has 1 aliphatic carbocycles. The summed E-state index contributed by atoms with van der Waals surface area (Å²) in [7, 11) is 1.53. The van der Waals surface area contributed by atoms with Crippen molar-refractivity contribution >= 4 is 23.7 Å².